The summed E-state index contributed by atoms with van der Waals surface area (Å²) in [7, 11) is 6.61. The van der Waals surface area contributed by atoms with Crippen LogP contribution < -0.4 is 54.8 Å². The Labute approximate surface area is 481 Å². The number of benzene rings is 2. The third-order valence-electron chi connectivity index (χ3n) is 11.5. The molecule has 7 heterocycles. The Bertz CT molecular complexity index is 3770. The maximum absolute atomic E-state index is 15.2. The van der Waals surface area contributed by atoms with Gasteiger partial charge in [0.2, 0.25) is 0 Å². The predicted octanol–water partition coefficient (Wildman–Crippen LogP) is 5.58. The highest BCUT2D eigenvalue weighted by atomic mass is 79.9. The molecular formula is C52H57Br3FN13O9S. The highest BCUT2D eigenvalue weighted by molar-refractivity contribution is 9.11. The molecule has 0 spiro atoms. The molecule has 0 saturated heterocycles. The van der Waals surface area contributed by atoms with Gasteiger partial charge in [0.15, 0.2) is 5.11 Å². The van der Waals surface area contributed by atoms with E-state index in [1.54, 1.807) is 102 Å². The van der Waals surface area contributed by atoms with Gasteiger partial charge in [-0.2, -0.15) is 9.78 Å². The molecule has 79 heavy (non-hydrogen) atoms. The monoisotopic (exact) mass is 1300 g/mol. The number of aryl methyl sites for hydroxylation is 4. The largest absolute Gasteiger partial charge is 0.463 e. The summed E-state index contributed by atoms with van der Waals surface area (Å²) < 4.78 is 35.0. The lowest BCUT2D eigenvalue weighted by Crippen LogP contribution is -2.33. The number of pyridine rings is 4. The second-order valence-electron chi connectivity index (χ2n) is 18.5. The fourth-order valence-corrected chi connectivity index (χ4v) is 9.44. The molecule has 0 bridgehead atoms. The zero-order valence-electron chi connectivity index (χ0n) is 43.9. The topological polar surface area (TPSA) is 281 Å². The summed E-state index contributed by atoms with van der Waals surface area (Å²) in [5.74, 6) is -0.624. The second kappa shape index (κ2) is 27.0. The average Bonchev–Trinajstić information content (AvgIpc) is 4.13. The van der Waals surface area contributed by atoms with Crippen LogP contribution in [0.2, 0.25) is 0 Å². The van der Waals surface area contributed by atoms with Crippen molar-refractivity contribution in [1.82, 2.24) is 33.4 Å². The summed E-state index contributed by atoms with van der Waals surface area (Å²) in [4.78, 5) is 68.7. The number of nitrogens with zero attached hydrogens (tertiary/aromatic N) is 8. The molecule has 2 aromatic carbocycles. The van der Waals surface area contributed by atoms with Crippen LogP contribution >= 0.6 is 60.0 Å². The lowest BCUT2D eigenvalue weighted by Gasteiger charge is -2.20. The molecule has 0 radical (unpaired) electrons. The van der Waals surface area contributed by atoms with Crippen LogP contribution in [0.25, 0.3) is 27.6 Å². The number of nitrogen functional groups attached to an aromatic ring is 1. The van der Waals surface area contributed by atoms with E-state index in [9.17, 15) is 29.1 Å². The minimum Gasteiger partial charge on any atom is -0.463 e. The third kappa shape index (κ3) is 15.7. The van der Waals surface area contributed by atoms with Crippen LogP contribution in [0.5, 0.6) is 0 Å². The quantitative estimate of drug-likeness (QED) is 0.0915. The zero-order chi connectivity index (χ0) is 57.9. The van der Waals surface area contributed by atoms with Crippen LogP contribution in [0.15, 0.2) is 133 Å². The number of rotatable bonds is 8. The SMILES string of the molecule is Cn1cc(-c2cccc(-n3ncc4cc(C(C)(C)C)cc(F)c4c3=O)c2CO)cc(NC2=NCCO2)c1=O.Cn1cc(Br)cc(N)c1=O.Cn1cc(Br)cc(NC(=S)NCCO)c1=O.Cn1cc(Br)cc(NC2=NCCO2)c1=O. The zero-order valence-corrected chi connectivity index (χ0v) is 49.4. The molecule has 9 rings (SSSR count). The van der Waals surface area contributed by atoms with E-state index in [2.05, 4.69) is 84.1 Å². The van der Waals surface area contributed by atoms with Crippen molar-refractivity contribution >= 4 is 111 Å². The first kappa shape index (κ1) is 60.9. The third-order valence-corrected chi connectivity index (χ3v) is 13.1. The van der Waals surface area contributed by atoms with Crippen molar-refractivity contribution in [2.75, 3.05) is 61.1 Å². The molecule has 0 amide bonds. The summed E-state index contributed by atoms with van der Waals surface area (Å²) >= 11 is 14.8. The van der Waals surface area contributed by atoms with Gasteiger partial charge >= 0.3 is 0 Å². The number of thiocarbonyl (C=S) groups is 1. The molecular weight excluding hydrogens is 1240 g/mol. The van der Waals surface area contributed by atoms with E-state index >= 15 is 4.39 Å². The molecule has 2 aliphatic rings. The molecule has 0 atom stereocenters. The van der Waals surface area contributed by atoms with Crippen LogP contribution in [-0.2, 0) is 49.7 Å². The Kier molecular flexibility index (Phi) is 20.9. The van der Waals surface area contributed by atoms with Crippen molar-refractivity contribution in [2.24, 2.45) is 38.2 Å². The van der Waals surface area contributed by atoms with Crippen molar-refractivity contribution in [2.45, 2.75) is 32.8 Å². The van der Waals surface area contributed by atoms with Crippen LogP contribution in [-0.4, -0.2) is 94.9 Å². The van der Waals surface area contributed by atoms with Gasteiger partial charge in [-0.3, -0.25) is 24.0 Å². The van der Waals surface area contributed by atoms with Gasteiger partial charge in [0.05, 0.1) is 49.3 Å². The van der Waals surface area contributed by atoms with Gasteiger partial charge in [0.25, 0.3) is 39.8 Å². The van der Waals surface area contributed by atoms with E-state index < -0.39 is 18.0 Å². The van der Waals surface area contributed by atoms with E-state index in [0.29, 0.717) is 83.1 Å². The van der Waals surface area contributed by atoms with E-state index in [1.807, 2.05) is 20.8 Å². The molecule has 0 aliphatic carbocycles. The minimum absolute atomic E-state index is 0.0156. The summed E-state index contributed by atoms with van der Waals surface area (Å²) in [5, 5.41) is 35.3. The first-order valence-electron chi connectivity index (χ1n) is 23.9. The maximum Gasteiger partial charge on any atom is 0.289 e. The molecule has 0 unspecified atom stereocenters. The molecule has 22 nitrogen and oxygen atoms in total. The van der Waals surface area contributed by atoms with E-state index in [-0.39, 0.29) is 57.0 Å². The molecule has 5 aromatic heterocycles. The predicted molar refractivity (Wildman–Crippen MR) is 320 cm³/mol. The Hall–Kier alpha value is -7.30. The lowest BCUT2D eigenvalue weighted by atomic mass is 9.86. The number of nitrogens with two attached hydrogens (primary N) is 1. The molecule has 27 heteroatoms. The van der Waals surface area contributed by atoms with Crippen LogP contribution in [0.4, 0.5) is 27.1 Å². The highest BCUT2D eigenvalue weighted by Crippen LogP contribution is 2.31. The highest BCUT2D eigenvalue weighted by Gasteiger charge is 2.22. The van der Waals surface area contributed by atoms with Gasteiger partial charge in [-0.25, -0.2) is 14.4 Å². The second-order valence-corrected chi connectivity index (χ2v) is 21.6. The van der Waals surface area contributed by atoms with Crippen LogP contribution in [0.1, 0.15) is 31.9 Å². The maximum atomic E-state index is 15.2. The van der Waals surface area contributed by atoms with Gasteiger partial charge in [-0.05, 0) is 119 Å². The van der Waals surface area contributed by atoms with Gasteiger partial charge in [-0.15, -0.1) is 0 Å². The molecule has 0 saturated carbocycles. The fraction of sp³-hybridized carbons (Fsp3) is 0.288. The number of aliphatic hydroxyl groups excluding tert-OH is 2. The van der Waals surface area contributed by atoms with E-state index in [1.165, 1.54) is 30.5 Å². The first-order chi connectivity index (χ1) is 37.4. The number of halogens is 4. The number of nitrogens with one attached hydrogen (secondary N) is 4. The van der Waals surface area contributed by atoms with Crippen molar-refractivity contribution < 1.29 is 24.1 Å². The van der Waals surface area contributed by atoms with Gasteiger partial charge in [-0.1, -0.05) is 32.9 Å². The lowest BCUT2D eigenvalue weighted by molar-refractivity contribution is 0.282. The average molecular weight is 1300 g/mol. The Morgan fingerprint density at radius 1 is 0.734 bits per heavy atom. The standard InChI is InChI=1S/C28H28FN5O4.C9H12BrN3O2S.C9H10BrN3O2.C6H7BrN2O/c1-28(2,3)18-10-16-13-31-34(26(37)24(16)21(29)12-18)23-7-5-6-19(20(23)15-35)17-11-22(25(36)33(4)14-17)32-27-30-8-9-38-27;1-13-5-6(10)4-7(8(13)15)12-9(16)11-2-3-14;1-13-5-6(10)4-7(8(13)14)12-9-11-2-3-15-9;1-9-3-4(7)2-5(8)6(9)10/h5-7,10-14,35H,8-9,15H2,1-4H3,(H,30,32);4-5,14H,2-3H2,1H3,(H2,11,12,16);4-5H,2-3H2,1H3,(H,11,12);2-3H,8H2,1H3. The van der Waals surface area contributed by atoms with Gasteiger partial charge < -0.3 is 65.0 Å². The Balaban J connectivity index is 0.000000201. The smallest absolute Gasteiger partial charge is 0.289 e. The van der Waals surface area contributed by atoms with Crippen molar-refractivity contribution in [3.63, 3.8) is 0 Å². The summed E-state index contributed by atoms with van der Waals surface area (Å²) in [6, 6.07) is 15.5. The molecule has 418 valence electrons. The molecule has 8 N–H and O–H groups in total. The fourth-order valence-electron chi connectivity index (χ4n) is 7.60. The van der Waals surface area contributed by atoms with Crippen molar-refractivity contribution in [3.8, 4) is 16.8 Å². The van der Waals surface area contributed by atoms with Crippen molar-refractivity contribution in [3.05, 3.63) is 168 Å². The molecule has 2 aliphatic heterocycles. The van der Waals surface area contributed by atoms with Crippen molar-refractivity contribution in [1.29, 1.82) is 0 Å². The first-order valence-corrected chi connectivity index (χ1v) is 26.7. The number of aromatic nitrogens is 6. The van der Waals surface area contributed by atoms with Crippen LogP contribution in [0, 0.1) is 5.82 Å². The number of fused-ring (bicyclic) bond motifs is 1. The minimum atomic E-state index is -0.633. The van der Waals surface area contributed by atoms with E-state index in [4.69, 9.17) is 32.5 Å². The van der Waals surface area contributed by atoms with Gasteiger partial charge in [0.1, 0.15) is 36.1 Å². The number of ether oxygens (including phenoxy) is 2. The summed E-state index contributed by atoms with van der Waals surface area (Å²) in [5.41, 5.74) is 7.68. The number of aliphatic hydroxyl groups is 2. The van der Waals surface area contributed by atoms with E-state index in [0.717, 1.165) is 23.7 Å². The summed E-state index contributed by atoms with van der Waals surface area (Å²) in [6.07, 6.45) is 8.12. The normalized spacial score (nSPS) is 12.5. The number of anilines is 4. The number of hydrogen-bond donors (Lipinski definition) is 7. The molecule has 7 aromatic rings. The number of hydrogen-bond acceptors (Lipinski definition) is 16. The number of aliphatic imine (C=N–C) groups is 2. The summed E-state index contributed by atoms with van der Waals surface area (Å²) in [6.45, 7) is 7.95. The Morgan fingerprint density at radius 2 is 1.27 bits per heavy atom. The van der Waals surface area contributed by atoms with Gasteiger partial charge in [0, 0.05) is 89.5 Å². The Morgan fingerprint density at radius 3 is 1.80 bits per heavy atom. The molecule has 0 fully saturated rings. The number of amidine groups is 2. The van der Waals surface area contributed by atoms with Crippen LogP contribution in [0.3, 0.4) is 0 Å².